The van der Waals surface area contributed by atoms with Crippen molar-refractivity contribution in [2.75, 3.05) is 6.54 Å². The SMILES string of the molecule is CC(C)(C)c1cn2cc(CCN)cnc2n1. The summed E-state index contributed by atoms with van der Waals surface area (Å²) in [6, 6.07) is 0. The summed E-state index contributed by atoms with van der Waals surface area (Å²) in [5, 5.41) is 0. The summed E-state index contributed by atoms with van der Waals surface area (Å²) in [4.78, 5) is 8.84. The molecule has 0 saturated heterocycles. The molecule has 0 aliphatic rings. The van der Waals surface area contributed by atoms with Crippen molar-refractivity contribution in [1.82, 2.24) is 14.4 Å². The Kier molecular flexibility index (Phi) is 2.68. The molecule has 0 aromatic carbocycles. The van der Waals surface area contributed by atoms with E-state index in [-0.39, 0.29) is 5.41 Å². The Morgan fingerprint density at radius 3 is 2.69 bits per heavy atom. The van der Waals surface area contributed by atoms with Crippen LogP contribution in [0.3, 0.4) is 0 Å². The van der Waals surface area contributed by atoms with Crippen molar-refractivity contribution < 1.29 is 0 Å². The molecule has 0 radical (unpaired) electrons. The van der Waals surface area contributed by atoms with Crippen LogP contribution in [0.2, 0.25) is 0 Å². The maximum Gasteiger partial charge on any atom is 0.233 e. The van der Waals surface area contributed by atoms with Gasteiger partial charge >= 0.3 is 0 Å². The number of rotatable bonds is 2. The molecule has 0 atom stereocenters. The number of fused-ring (bicyclic) bond motifs is 1. The Morgan fingerprint density at radius 2 is 2.06 bits per heavy atom. The van der Waals surface area contributed by atoms with Crippen molar-refractivity contribution in [3.8, 4) is 0 Å². The van der Waals surface area contributed by atoms with E-state index in [0.717, 1.165) is 23.5 Å². The molecule has 16 heavy (non-hydrogen) atoms. The molecule has 0 fully saturated rings. The highest BCUT2D eigenvalue weighted by atomic mass is 15.1. The lowest BCUT2D eigenvalue weighted by atomic mass is 9.93. The predicted molar refractivity (Wildman–Crippen MR) is 64.4 cm³/mol. The molecule has 2 aromatic heterocycles. The predicted octanol–water partition coefficient (Wildman–Crippen LogP) is 1.53. The highest BCUT2D eigenvalue weighted by molar-refractivity contribution is 5.33. The maximum atomic E-state index is 5.53. The zero-order valence-electron chi connectivity index (χ0n) is 10.1. The minimum Gasteiger partial charge on any atom is -0.330 e. The van der Waals surface area contributed by atoms with Gasteiger partial charge in [-0.1, -0.05) is 20.8 Å². The van der Waals surface area contributed by atoms with E-state index in [1.807, 2.05) is 16.8 Å². The van der Waals surface area contributed by atoms with Crippen LogP contribution >= 0.6 is 0 Å². The average Bonchev–Trinajstić information content (AvgIpc) is 2.60. The number of imidazole rings is 1. The van der Waals surface area contributed by atoms with Crippen LogP contribution in [-0.2, 0) is 11.8 Å². The van der Waals surface area contributed by atoms with Gasteiger partial charge in [0.15, 0.2) is 0 Å². The lowest BCUT2D eigenvalue weighted by Gasteiger charge is -2.13. The molecule has 2 N–H and O–H groups in total. The summed E-state index contributed by atoms with van der Waals surface area (Å²) in [5.74, 6) is 0.755. The van der Waals surface area contributed by atoms with Gasteiger partial charge in [-0.05, 0) is 18.5 Å². The molecule has 4 heteroatoms. The van der Waals surface area contributed by atoms with Crippen LogP contribution in [0.4, 0.5) is 0 Å². The van der Waals surface area contributed by atoms with Gasteiger partial charge in [0.2, 0.25) is 5.78 Å². The monoisotopic (exact) mass is 218 g/mol. The number of nitrogens with two attached hydrogens (primary N) is 1. The van der Waals surface area contributed by atoms with E-state index in [0.29, 0.717) is 6.54 Å². The fourth-order valence-corrected chi connectivity index (χ4v) is 1.58. The fraction of sp³-hybridized carbons (Fsp3) is 0.500. The second kappa shape index (κ2) is 3.87. The third kappa shape index (κ3) is 2.07. The first-order chi connectivity index (χ1) is 7.50. The molecule has 4 nitrogen and oxygen atoms in total. The van der Waals surface area contributed by atoms with E-state index < -0.39 is 0 Å². The Bertz CT molecular complexity index is 493. The molecule has 0 amide bonds. The van der Waals surface area contributed by atoms with Crippen LogP contribution in [-0.4, -0.2) is 20.9 Å². The topological polar surface area (TPSA) is 56.2 Å². The van der Waals surface area contributed by atoms with Crippen LogP contribution in [0.5, 0.6) is 0 Å². The molecule has 0 aliphatic carbocycles. The normalized spacial score (nSPS) is 12.2. The highest BCUT2D eigenvalue weighted by Crippen LogP contribution is 2.20. The van der Waals surface area contributed by atoms with Crippen molar-refractivity contribution in [3.63, 3.8) is 0 Å². The first-order valence-electron chi connectivity index (χ1n) is 5.55. The van der Waals surface area contributed by atoms with E-state index in [2.05, 4.69) is 36.9 Å². The Labute approximate surface area is 95.5 Å². The van der Waals surface area contributed by atoms with Gasteiger partial charge in [-0.15, -0.1) is 0 Å². The standard InChI is InChI=1S/C12H18N4/c1-12(2,3)10-8-16-7-9(4-5-13)6-14-11(16)15-10/h6-8H,4-5,13H2,1-3H3. The molecule has 2 heterocycles. The van der Waals surface area contributed by atoms with Gasteiger partial charge in [-0.2, -0.15) is 0 Å². The summed E-state index contributed by atoms with van der Waals surface area (Å²) in [5.41, 5.74) is 7.79. The first kappa shape index (κ1) is 11.1. The molecule has 0 unspecified atom stereocenters. The Hall–Kier alpha value is -1.42. The van der Waals surface area contributed by atoms with Gasteiger partial charge in [0.25, 0.3) is 0 Å². The molecular weight excluding hydrogens is 200 g/mol. The third-order valence-electron chi connectivity index (χ3n) is 2.56. The van der Waals surface area contributed by atoms with Crippen LogP contribution in [0.25, 0.3) is 5.78 Å². The number of nitrogens with zero attached hydrogens (tertiary/aromatic N) is 3. The van der Waals surface area contributed by atoms with Gasteiger partial charge in [-0.3, -0.25) is 4.40 Å². The summed E-state index contributed by atoms with van der Waals surface area (Å²) < 4.78 is 1.98. The molecule has 2 rings (SSSR count). The van der Waals surface area contributed by atoms with E-state index in [4.69, 9.17) is 5.73 Å². The van der Waals surface area contributed by atoms with Crippen molar-refractivity contribution in [2.45, 2.75) is 32.6 Å². The second-order valence-electron chi connectivity index (χ2n) is 5.08. The van der Waals surface area contributed by atoms with E-state index in [1.54, 1.807) is 0 Å². The zero-order chi connectivity index (χ0) is 11.8. The van der Waals surface area contributed by atoms with Crippen molar-refractivity contribution in [3.05, 3.63) is 29.8 Å². The first-order valence-corrected chi connectivity index (χ1v) is 5.55. The van der Waals surface area contributed by atoms with E-state index in [9.17, 15) is 0 Å². The molecular formula is C12H18N4. The van der Waals surface area contributed by atoms with Crippen molar-refractivity contribution in [1.29, 1.82) is 0 Å². The molecule has 0 spiro atoms. The smallest absolute Gasteiger partial charge is 0.233 e. The Balaban J connectivity index is 2.46. The molecule has 0 aliphatic heterocycles. The highest BCUT2D eigenvalue weighted by Gasteiger charge is 2.17. The summed E-state index contributed by atoms with van der Waals surface area (Å²) >= 11 is 0. The maximum absolute atomic E-state index is 5.53. The van der Waals surface area contributed by atoms with Crippen molar-refractivity contribution >= 4 is 5.78 Å². The minimum absolute atomic E-state index is 0.0573. The van der Waals surface area contributed by atoms with E-state index >= 15 is 0 Å². The lowest BCUT2D eigenvalue weighted by Crippen LogP contribution is -2.11. The number of hydrogen-bond donors (Lipinski definition) is 1. The second-order valence-corrected chi connectivity index (χ2v) is 5.08. The summed E-state index contributed by atoms with van der Waals surface area (Å²) in [7, 11) is 0. The van der Waals surface area contributed by atoms with Crippen LogP contribution in [0, 0.1) is 0 Å². The molecule has 2 aromatic rings. The molecule has 86 valence electrons. The summed E-state index contributed by atoms with van der Waals surface area (Å²) in [6.45, 7) is 7.09. The third-order valence-corrected chi connectivity index (χ3v) is 2.56. The lowest BCUT2D eigenvalue weighted by molar-refractivity contribution is 0.573. The van der Waals surface area contributed by atoms with E-state index in [1.165, 1.54) is 0 Å². The van der Waals surface area contributed by atoms with Crippen LogP contribution < -0.4 is 5.73 Å². The van der Waals surface area contributed by atoms with Crippen molar-refractivity contribution in [2.24, 2.45) is 5.73 Å². The average molecular weight is 218 g/mol. The van der Waals surface area contributed by atoms with Crippen LogP contribution in [0.1, 0.15) is 32.0 Å². The largest absolute Gasteiger partial charge is 0.330 e. The zero-order valence-corrected chi connectivity index (χ0v) is 10.1. The van der Waals surface area contributed by atoms with Crippen LogP contribution in [0.15, 0.2) is 18.6 Å². The van der Waals surface area contributed by atoms with Gasteiger partial charge in [-0.25, -0.2) is 9.97 Å². The van der Waals surface area contributed by atoms with Gasteiger partial charge < -0.3 is 5.73 Å². The number of hydrogen-bond acceptors (Lipinski definition) is 3. The van der Waals surface area contributed by atoms with Gasteiger partial charge in [0.1, 0.15) is 0 Å². The van der Waals surface area contributed by atoms with Gasteiger partial charge in [0, 0.05) is 24.0 Å². The fourth-order valence-electron chi connectivity index (χ4n) is 1.58. The number of aromatic nitrogens is 3. The molecule has 0 bridgehead atoms. The van der Waals surface area contributed by atoms with Gasteiger partial charge in [0.05, 0.1) is 5.69 Å². The minimum atomic E-state index is 0.0573. The summed E-state index contributed by atoms with van der Waals surface area (Å²) in [6.07, 6.45) is 6.80. The quantitative estimate of drug-likeness (QED) is 0.831. The Morgan fingerprint density at radius 1 is 1.31 bits per heavy atom. The molecule has 0 saturated carbocycles.